The first-order valence-electron chi connectivity index (χ1n) is 7.55. The van der Waals surface area contributed by atoms with Gasteiger partial charge in [-0.3, -0.25) is 25.2 Å². The minimum Gasteiger partial charge on any atom is -0.496 e. The molecule has 0 radical (unpaired) electrons. The van der Waals surface area contributed by atoms with Gasteiger partial charge < -0.3 is 14.8 Å². The lowest BCUT2D eigenvalue weighted by Crippen LogP contribution is -2.46. The van der Waals surface area contributed by atoms with Crippen LogP contribution in [0.2, 0.25) is 15.1 Å². The number of ether oxygens (including phenoxy) is 2. The van der Waals surface area contributed by atoms with Gasteiger partial charge in [0.05, 0.1) is 34.9 Å². The second kappa shape index (κ2) is 9.50. The maximum absolute atomic E-state index is 12.3. The van der Waals surface area contributed by atoms with Crippen LogP contribution in [0.1, 0.15) is 10.4 Å². The molecule has 3 amide bonds. The van der Waals surface area contributed by atoms with Gasteiger partial charge in [-0.05, 0) is 24.3 Å². The van der Waals surface area contributed by atoms with E-state index < -0.39 is 17.7 Å². The highest BCUT2D eigenvalue weighted by Crippen LogP contribution is 2.32. The van der Waals surface area contributed by atoms with E-state index in [9.17, 15) is 14.4 Å². The molecular formula is C17H14Cl3N3O5. The molecule has 0 aromatic heterocycles. The van der Waals surface area contributed by atoms with Crippen LogP contribution in [0.15, 0.2) is 30.3 Å². The number of rotatable bonds is 4. The number of hydrogen-bond acceptors (Lipinski definition) is 5. The van der Waals surface area contributed by atoms with Crippen LogP contribution in [0, 0.1) is 0 Å². The summed E-state index contributed by atoms with van der Waals surface area (Å²) in [6, 6.07) is 7.01. The van der Waals surface area contributed by atoms with Gasteiger partial charge in [0.1, 0.15) is 11.5 Å². The van der Waals surface area contributed by atoms with Gasteiger partial charge >= 0.3 is 11.8 Å². The number of methoxy groups -OCH3 is 2. The molecule has 28 heavy (non-hydrogen) atoms. The van der Waals surface area contributed by atoms with Gasteiger partial charge in [-0.2, -0.15) is 0 Å². The Balaban J connectivity index is 2.01. The summed E-state index contributed by atoms with van der Waals surface area (Å²) in [5.41, 5.74) is 4.37. The summed E-state index contributed by atoms with van der Waals surface area (Å²) >= 11 is 17.6. The Morgan fingerprint density at radius 2 is 1.46 bits per heavy atom. The third-order valence-electron chi connectivity index (χ3n) is 3.39. The Labute approximate surface area is 175 Å². The molecule has 0 saturated heterocycles. The topological polar surface area (TPSA) is 106 Å². The van der Waals surface area contributed by atoms with Gasteiger partial charge in [-0.15, -0.1) is 0 Å². The summed E-state index contributed by atoms with van der Waals surface area (Å²) in [5, 5.41) is 2.98. The molecule has 0 aliphatic heterocycles. The van der Waals surface area contributed by atoms with E-state index in [-0.39, 0.29) is 27.0 Å². The number of hydrazine groups is 1. The highest BCUT2D eigenvalue weighted by molar-refractivity contribution is 6.43. The zero-order chi connectivity index (χ0) is 20.8. The normalized spacial score (nSPS) is 10.0. The Morgan fingerprint density at radius 1 is 0.786 bits per heavy atom. The predicted molar refractivity (Wildman–Crippen MR) is 105 cm³/mol. The van der Waals surface area contributed by atoms with Gasteiger partial charge in [0, 0.05) is 11.8 Å². The molecule has 8 nitrogen and oxygen atoms in total. The van der Waals surface area contributed by atoms with E-state index in [4.69, 9.17) is 44.3 Å². The van der Waals surface area contributed by atoms with E-state index in [0.717, 1.165) is 0 Å². The number of hydrogen-bond donors (Lipinski definition) is 3. The summed E-state index contributed by atoms with van der Waals surface area (Å²) in [6.45, 7) is 0. The fourth-order valence-corrected chi connectivity index (χ4v) is 2.58. The molecule has 0 bridgehead atoms. The SMILES string of the molecule is COc1cc(OC)c(C(=O)NNC(=O)C(=O)Nc2ccc(Cl)c(Cl)c2)cc1Cl. The van der Waals surface area contributed by atoms with E-state index in [1.165, 1.54) is 44.6 Å². The summed E-state index contributed by atoms with van der Waals surface area (Å²) in [4.78, 5) is 36.1. The van der Waals surface area contributed by atoms with E-state index in [0.29, 0.717) is 10.8 Å². The van der Waals surface area contributed by atoms with Crippen molar-refractivity contribution in [3.63, 3.8) is 0 Å². The van der Waals surface area contributed by atoms with Crippen LogP contribution in [-0.2, 0) is 9.59 Å². The standard InChI is InChI=1S/C17H14Cl3N3O5/c1-27-13-7-14(28-2)12(20)6-9(13)15(24)22-23-17(26)16(25)21-8-3-4-10(18)11(19)5-8/h3-7H,1-2H3,(H,21,25)(H,22,24)(H,23,26). The Hall–Kier alpha value is -2.68. The largest absolute Gasteiger partial charge is 0.496 e. The molecule has 0 fully saturated rings. The predicted octanol–water partition coefficient (Wildman–Crippen LogP) is 3.06. The van der Waals surface area contributed by atoms with Gasteiger partial charge in [-0.1, -0.05) is 34.8 Å². The molecule has 0 spiro atoms. The van der Waals surface area contributed by atoms with Crippen LogP contribution in [0.3, 0.4) is 0 Å². The molecule has 0 aliphatic rings. The molecule has 2 aromatic rings. The summed E-state index contributed by atoms with van der Waals surface area (Å²) in [5.74, 6) is -2.43. The average Bonchev–Trinajstić information content (AvgIpc) is 2.68. The van der Waals surface area contributed by atoms with E-state index >= 15 is 0 Å². The van der Waals surface area contributed by atoms with Gasteiger partial charge in [0.2, 0.25) is 0 Å². The molecule has 148 valence electrons. The van der Waals surface area contributed by atoms with Crippen molar-refractivity contribution in [1.29, 1.82) is 0 Å². The lowest BCUT2D eigenvalue weighted by molar-refractivity contribution is -0.136. The quantitative estimate of drug-likeness (QED) is 0.494. The molecule has 0 saturated carbocycles. The lowest BCUT2D eigenvalue weighted by atomic mass is 10.2. The molecule has 11 heteroatoms. The minimum atomic E-state index is -1.11. The number of benzene rings is 2. The molecule has 0 aliphatic carbocycles. The smallest absolute Gasteiger partial charge is 0.328 e. The molecule has 2 aromatic carbocycles. The monoisotopic (exact) mass is 445 g/mol. The third kappa shape index (κ3) is 5.19. The average molecular weight is 447 g/mol. The van der Waals surface area contributed by atoms with Crippen molar-refractivity contribution in [2.24, 2.45) is 0 Å². The number of anilines is 1. The zero-order valence-electron chi connectivity index (χ0n) is 14.6. The fraction of sp³-hybridized carbons (Fsp3) is 0.118. The first kappa shape index (κ1) is 21.6. The van der Waals surface area contributed by atoms with Crippen molar-refractivity contribution >= 4 is 58.2 Å². The van der Waals surface area contributed by atoms with Crippen LogP contribution in [0.5, 0.6) is 11.5 Å². The Morgan fingerprint density at radius 3 is 2.07 bits per heavy atom. The van der Waals surface area contributed by atoms with Crippen molar-refractivity contribution in [3.05, 3.63) is 51.0 Å². The molecule has 2 rings (SSSR count). The van der Waals surface area contributed by atoms with Gasteiger partial charge in [0.25, 0.3) is 5.91 Å². The number of nitrogens with one attached hydrogen (secondary N) is 3. The van der Waals surface area contributed by atoms with Crippen molar-refractivity contribution in [3.8, 4) is 11.5 Å². The van der Waals surface area contributed by atoms with Crippen LogP contribution >= 0.6 is 34.8 Å². The first-order chi connectivity index (χ1) is 13.3. The zero-order valence-corrected chi connectivity index (χ0v) is 16.8. The van der Waals surface area contributed by atoms with E-state index in [1.807, 2.05) is 5.43 Å². The highest BCUT2D eigenvalue weighted by atomic mass is 35.5. The summed E-state index contributed by atoms with van der Waals surface area (Å²) < 4.78 is 10.1. The summed E-state index contributed by atoms with van der Waals surface area (Å²) in [7, 11) is 2.76. The Bertz CT molecular complexity index is 936. The summed E-state index contributed by atoms with van der Waals surface area (Å²) in [6.07, 6.45) is 0. The number of carbonyl (C=O) groups is 3. The number of carbonyl (C=O) groups excluding carboxylic acids is 3. The number of amides is 3. The number of halogens is 3. The minimum absolute atomic E-state index is 0.0264. The van der Waals surface area contributed by atoms with Gasteiger partial charge in [0.15, 0.2) is 0 Å². The second-order valence-electron chi connectivity index (χ2n) is 5.18. The van der Waals surface area contributed by atoms with E-state index in [1.54, 1.807) is 0 Å². The third-order valence-corrected chi connectivity index (χ3v) is 4.43. The van der Waals surface area contributed by atoms with Crippen molar-refractivity contribution in [1.82, 2.24) is 10.9 Å². The van der Waals surface area contributed by atoms with Crippen molar-refractivity contribution in [2.75, 3.05) is 19.5 Å². The molecule has 3 N–H and O–H groups in total. The maximum Gasteiger partial charge on any atom is 0.328 e. The molecule has 0 heterocycles. The van der Waals surface area contributed by atoms with Crippen LogP contribution in [0.4, 0.5) is 5.69 Å². The van der Waals surface area contributed by atoms with Crippen molar-refractivity contribution < 1.29 is 23.9 Å². The van der Waals surface area contributed by atoms with Crippen molar-refractivity contribution in [2.45, 2.75) is 0 Å². The molecule has 0 unspecified atom stereocenters. The highest BCUT2D eigenvalue weighted by Gasteiger charge is 2.19. The van der Waals surface area contributed by atoms with Crippen LogP contribution < -0.4 is 25.6 Å². The van der Waals surface area contributed by atoms with Crippen LogP contribution in [-0.4, -0.2) is 31.9 Å². The van der Waals surface area contributed by atoms with E-state index in [2.05, 4.69) is 10.7 Å². The molecule has 0 atom stereocenters. The first-order valence-corrected chi connectivity index (χ1v) is 8.68. The van der Waals surface area contributed by atoms with Gasteiger partial charge in [-0.25, -0.2) is 0 Å². The second-order valence-corrected chi connectivity index (χ2v) is 6.40. The Kier molecular flexibility index (Phi) is 7.33. The maximum atomic E-state index is 12.3. The lowest BCUT2D eigenvalue weighted by Gasteiger charge is -2.13. The van der Waals surface area contributed by atoms with Crippen LogP contribution in [0.25, 0.3) is 0 Å². The fourth-order valence-electron chi connectivity index (χ4n) is 2.04. The molecular weight excluding hydrogens is 433 g/mol.